The Bertz CT molecular complexity index is 2680. The fourth-order valence-corrected chi connectivity index (χ4v) is 12.6. The predicted octanol–water partition coefficient (Wildman–Crippen LogP) is 9.93. The monoisotopic (exact) mass is 855 g/mol. The number of aromatic hydroxyl groups is 1. The highest BCUT2D eigenvalue weighted by Gasteiger charge is 2.39. The number of amides is 1. The molecule has 3 fully saturated rings. The van der Waals surface area contributed by atoms with Crippen molar-refractivity contribution in [3.63, 3.8) is 0 Å². The van der Waals surface area contributed by atoms with Crippen LogP contribution in [0, 0.1) is 38.5 Å². The third kappa shape index (κ3) is 7.24. The Hall–Kier alpha value is -5.74. The number of aliphatic imine (C=N–C) groups is 1. The van der Waals surface area contributed by atoms with Gasteiger partial charge in [0.05, 0.1) is 11.6 Å². The van der Waals surface area contributed by atoms with Gasteiger partial charge in [0, 0.05) is 72.6 Å². The lowest BCUT2D eigenvalue weighted by Gasteiger charge is -2.45. The van der Waals surface area contributed by atoms with Crippen LogP contribution in [0.4, 0.5) is 11.4 Å². The highest BCUT2D eigenvalue weighted by atomic mass is 32.1. The van der Waals surface area contributed by atoms with Crippen molar-refractivity contribution in [2.24, 2.45) is 22.7 Å². The number of phenolic OH excluding ortho intramolecular Hbond substituents is 1. The van der Waals surface area contributed by atoms with E-state index >= 15 is 0 Å². The lowest BCUT2D eigenvalue weighted by molar-refractivity contribution is -0.137. The van der Waals surface area contributed by atoms with Gasteiger partial charge in [0.25, 0.3) is 0 Å². The van der Waals surface area contributed by atoms with Gasteiger partial charge in [0.15, 0.2) is 5.82 Å². The number of phenols is 1. The number of nitrogens with zero attached hydrogens (tertiary/aromatic N) is 7. The summed E-state index contributed by atoms with van der Waals surface area (Å²) in [5.41, 5.74) is 12.4. The molecule has 4 aliphatic heterocycles. The zero-order valence-corrected chi connectivity index (χ0v) is 37.7. The van der Waals surface area contributed by atoms with Crippen molar-refractivity contribution >= 4 is 34.3 Å². The molecular weight excluding hydrogens is 799 g/mol. The summed E-state index contributed by atoms with van der Waals surface area (Å²) in [6, 6.07) is 34.8. The SMILES string of the molecule is Cc1sc2c(c1C)C(c1ccc(N3CC(CC4CCN(C(=O)C5CN(c6ccc([C@@H]7c8ccc(O)cc8CC[C@@H]7c7ccccc7)cc6)C5)CC4)C3)cc1)=N[C@@H](C)c1nnc(C)n1-2. The lowest BCUT2D eigenvalue weighted by atomic mass is 9.69. The van der Waals surface area contributed by atoms with Crippen LogP contribution in [-0.4, -0.2) is 75.7 Å². The quantitative estimate of drug-likeness (QED) is 0.164. The number of anilines is 2. The van der Waals surface area contributed by atoms with Gasteiger partial charge in [-0.3, -0.25) is 14.4 Å². The molecule has 2 aromatic heterocycles. The van der Waals surface area contributed by atoms with E-state index in [9.17, 15) is 9.90 Å². The molecule has 322 valence electrons. The van der Waals surface area contributed by atoms with Gasteiger partial charge in [-0.1, -0.05) is 60.7 Å². The van der Waals surface area contributed by atoms with Gasteiger partial charge in [-0.25, -0.2) is 0 Å². The molecule has 0 radical (unpaired) electrons. The number of aromatic nitrogens is 3. The van der Waals surface area contributed by atoms with Gasteiger partial charge in [-0.15, -0.1) is 21.5 Å². The van der Waals surface area contributed by atoms with E-state index in [4.69, 9.17) is 4.99 Å². The largest absolute Gasteiger partial charge is 0.508 e. The molecule has 4 aromatic carbocycles. The van der Waals surface area contributed by atoms with Gasteiger partial charge >= 0.3 is 0 Å². The van der Waals surface area contributed by atoms with E-state index in [0.29, 0.717) is 29.4 Å². The second-order valence-electron chi connectivity index (χ2n) is 19.0. The molecule has 3 atom stereocenters. The average Bonchev–Trinajstić information content (AvgIpc) is 3.76. The molecule has 3 saturated heterocycles. The number of likely N-dealkylation sites (tertiary alicyclic amines) is 1. The van der Waals surface area contributed by atoms with Crippen LogP contribution < -0.4 is 9.80 Å². The minimum atomic E-state index is -0.0844. The third-order valence-electron chi connectivity index (χ3n) is 15.1. The second kappa shape index (κ2) is 16.1. The lowest BCUT2D eigenvalue weighted by Crippen LogP contribution is -2.56. The van der Waals surface area contributed by atoms with Crippen molar-refractivity contribution in [2.75, 3.05) is 49.1 Å². The Labute approximate surface area is 375 Å². The van der Waals surface area contributed by atoms with Crippen LogP contribution in [0.1, 0.15) is 106 Å². The summed E-state index contributed by atoms with van der Waals surface area (Å²) < 4.78 is 2.20. The van der Waals surface area contributed by atoms with Crippen LogP contribution in [0.5, 0.6) is 5.75 Å². The topological polar surface area (TPSA) is 90.1 Å². The van der Waals surface area contributed by atoms with E-state index in [-0.39, 0.29) is 17.9 Å². The van der Waals surface area contributed by atoms with Crippen LogP contribution in [0.3, 0.4) is 0 Å². The summed E-state index contributed by atoms with van der Waals surface area (Å²) in [5.74, 6) is 4.59. The molecule has 0 spiro atoms. The molecule has 1 aliphatic carbocycles. The van der Waals surface area contributed by atoms with Gasteiger partial charge in [0.1, 0.15) is 22.6 Å². The Morgan fingerprint density at radius 1 is 0.778 bits per heavy atom. The minimum absolute atomic E-state index is 0.0807. The van der Waals surface area contributed by atoms with E-state index in [1.807, 2.05) is 19.1 Å². The maximum Gasteiger partial charge on any atom is 0.229 e. The predicted molar refractivity (Wildman–Crippen MR) is 253 cm³/mol. The number of carbonyl (C=O) groups is 1. The van der Waals surface area contributed by atoms with Crippen LogP contribution in [-0.2, 0) is 11.2 Å². The number of hydrogen-bond donors (Lipinski definition) is 1. The van der Waals surface area contributed by atoms with Crippen molar-refractivity contribution in [1.29, 1.82) is 0 Å². The van der Waals surface area contributed by atoms with Gasteiger partial charge in [0.2, 0.25) is 5.91 Å². The average molecular weight is 856 g/mol. The molecule has 63 heavy (non-hydrogen) atoms. The van der Waals surface area contributed by atoms with Crippen molar-refractivity contribution in [3.05, 3.63) is 153 Å². The number of rotatable bonds is 8. The number of fused-ring (bicyclic) bond motifs is 4. The molecule has 9 nitrogen and oxygen atoms in total. The normalized spacial score (nSPS) is 21.5. The number of piperidine rings is 1. The molecule has 11 rings (SSSR count). The fraction of sp³-hybridized carbons (Fsp3) is 0.396. The number of aryl methyl sites for hydroxylation is 3. The van der Waals surface area contributed by atoms with E-state index in [1.54, 1.807) is 11.3 Å². The summed E-state index contributed by atoms with van der Waals surface area (Å²) in [7, 11) is 0. The smallest absolute Gasteiger partial charge is 0.229 e. The van der Waals surface area contributed by atoms with Crippen LogP contribution >= 0.6 is 11.3 Å². The first-order valence-corrected chi connectivity index (χ1v) is 23.9. The molecule has 6 heterocycles. The fourth-order valence-electron chi connectivity index (χ4n) is 11.4. The number of thiophene rings is 1. The van der Waals surface area contributed by atoms with E-state index in [2.05, 4.69) is 135 Å². The van der Waals surface area contributed by atoms with Crippen LogP contribution in [0.15, 0.2) is 102 Å². The molecular formula is C53H57N7O2S. The Morgan fingerprint density at radius 2 is 1.48 bits per heavy atom. The first-order valence-electron chi connectivity index (χ1n) is 23.1. The third-order valence-corrected chi connectivity index (χ3v) is 16.3. The van der Waals surface area contributed by atoms with Crippen molar-refractivity contribution in [1.82, 2.24) is 19.7 Å². The summed E-state index contributed by atoms with van der Waals surface area (Å²) >= 11 is 1.80. The van der Waals surface area contributed by atoms with Gasteiger partial charge in [-0.05, 0) is 142 Å². The minimum Gasteiger partial charge on any atom is -0.508 e. The van der Waals surface area contributed by atoms with Gasteiger partial charge < -0.3 is 19.8 Å². The Kier molecular flexibility index (Phi) is 10.2. The maximum atomic E-state index is 13.7. The van der Waals surface area contributed by atoms with E-state index < -0.39 is 0 Å². The molecule has 0 unspecified atom stereocenters. The summed E-state index contributed by atoms with van der Waals surface area (Å²) in [5, 5.41) is 20.3. The molecule has 6 aromatic rings. The zero-order chi connectivity index (χ0) is 42.9. The van der Waals surface area contributed by atoms with Crippen LogP contribution in [0.25, 0.3) is 5.00 Å². The molecule has 10 heteroatoms. The molecule has 0 bridgehead atoms. The van der Waals surface area contributed by atoms with Crippen molar-refractivity contribution < 1.29 is 9.90 Å². The molecule has 1 N–H and O–H groups in total. The standard InChI is InChI=1S/C53H57N7O2S/c1-32-34(3)63-53-48(32)50(54-33(2)51-56-55-35(4)60(51)53)40-12-17-43(18-13-40)58-28-37(29-58)26-36-22-24-57(25-23-36)52(62)42-30-59(31-42)44-15-10-39(11-16-44)49-46(38-8-6-5-7-9-38)20-14-41-27-45(61)19-21-47(41)49/h5-13,15-19,21,27,33,36-37,42,46,49,61H,14,20,22-26,28-31H2,1-4H3/t33-,46+,49-/m0/s1. The Morgan fingerprint density at radius 3 is 2.21 bits per heavy atom. The summed E-state index contributed by atoms with van der Waals surface area (Å²) in [6.45, 7) is 14.1. The van der Waals surface area contributed by atoms with Crippen molar-refractivity contribution in [3.8, 4) is 10.8 Å². The second-order valence-corrected chi connectivity index (χ2v) is 20.2. The molecule has 5 aliphatic rings. The summed E-state index contributed by atoms with van der Waals surface area (Å²) in [4.78, 5) is 27.2. The first-order chi connectivity index (χ1) is 30.7. The van der Waals surface area contributed by atoms with Crippen LogP contribution in [0.2, 0.25) is 0 Å². The molecule has 0 saturated carbocycles. The summed E-state index contributed by atoms with van der Waals surface area (Å²) in [6.07, 6.45) is 5.50. The van der Waals surface area contributed by atoms with Gasteiger partial charge in [-0.2, -0.15) is 0 Å². The number of hydrogen-bond acceptors (Lipinski definition) is 8. The van der Waals surface area contributed by atoms with E-state index in [0.717, 1.165) is 87.9 Å². The number of carbonyl (C=O) groups excluding carboxylic acids is 1. The molecule has 1 amide bonds. The number of benzene rings is 4. The van der Waals surface area contributed by atoms with E-state index in [1.165, 1.54) is 61.1 Å². The highest BCUT2D eigenvalue weighted by Crippen LogP contribution is 2.47. The van der Waals surface area contributed by atoms with Crippen molar-refractivity contribution in [2.45, 2.75) is 77.7 Å². The Balaban J connectivity index is 0.659. The highest BCUT2D eigenvalue weighted by molar-refractivity contribution is 7.15. The first kappa shape index (κ1) is 40.1. The zero-order valence-electron chi connectivity index (χ0n) is 36.9. The maximum absolute atomic E-state index is 13.7.